The van der Waals surface area contributed by atoms with Crippen LogP contribution in [-0.2, 0) is 7.05 Å². The largest absolute Gasteiger partial charge is 0.496 e. The van der Waals surface area contributed by atoms with Gasteiger partial charge in [-0.3, -0.25) is 4.79 Å². The highest BCUT2D eigenvalue weighted by Crippen LogP contribution is 2.42. The Morgan fingerprint density at radius 2 is 2.00 bits per heavy atom. The normalized spacial score (nSPS) is 17.6. The zero-order valence-corrected chi connectivity index (χ0v) is 12.4. The molecule has 20 heavy (non-hydrogen) atoms. The van der Waals surface area contributed by atoms with Crippen molar-refractivity contribution in [3.05, 3.63) is 30.0 Å². The maximum atomic E-state index is 13.0. The molecule has 0 radical (unpaired) electrons. The lowest BCUT2D eigenvalue weighted by molar-refractivity contribution is 0.0825. The Labute approximate surface area is 119 Å². The first-order valence-electron chi connectivity index (χ1n) is 7.24. The predicted molar refractivity (Wildman–Crippen MR) is 80.4 cm³/mol. The van der Waals surface area contributed by atoms with E-state index in [2.05, 4.69) is 6.92 Å². The van der Waals surface area contributed by atoms with E-state index in [4.69, 9.17) is 4.74 Å². The van der Waals surface area contributed by atoms with Crippen molar-refractivity contribution in [1.82, 2.24) is 4.57 Å². The molecule has 106 valence electrons. The van der Waals surface area contributed by atoms with Gasteiger partial charge in [0.25, 0.3) is 0 Å². The summed E-state index contributed by atoms with van der Waals surface area (Å²) in [5.74, 6) is 1.05. The molecule has 1 fully saturated rings. The second kappa shape index (κ2) is 4.65. The summed E-state index contributed by atoms with van der Waals surface area (Å²) in [6.07, 6.45) is 6.27. The van der Waals surface area contributed by atoms with Crippen LogP contribution in [0, 0.1) is 5.41 Å². The van der Waals surface area contributed by atoms with Gasteiger partial charge in [-0.1, -0.05) is 25.8 Å². The number of aromatic nitrogens is 1. The molecule has 0 spiro atoms. The molecule has 3 heteroatoms. The van der Waals surface area contributed by atoms with Crippen LogP contribution >= 0.6 is 0 Å². The Balaban J connectivity index is 2.19. The van der Waals surface area contributed by atoms with Gasteiger partial charge in [0.2, 0.25) is 0 Å². The van der Waals surface area contributed by atoms with E-state index in [-0.39, 0.29) is 11.2 Å². The van der Waals surface area contributed by atoms with Crippen molar-refractivity contribution in [3.63, 3.8) is 0 Å². The molecule has 1 aliphatic rings. The molecule has 0 N–H and O–H groups in total. The molecule has 1 aromatic heterocycles. The van der Waals surface area contributed by atoms with Crippen molar-refractivity contribution in [2.75, 3.05) is 7.11 Å². The molecule has 0 unspecified atom stereocenters. The van der Waals surface area contributed by atoms with Gasteiger partial charge in [0.15, 0.2) is 5.78 Å². The van der Waals surface area contributed by atoms with Crippen LogP contribution in [0.2, 0.25) is 0 Å². The smallest absolute Gasteiger partial charge is 0.171 e. The average molecular weight is 271 g/mol. The monoisotopic (exact) mass is 271 g/mol. The van der Waals surface area contributed by atoms with E-state index in [1.165, 1.54) is 0 Å². The molecule has 3 rings (SSSR count). The van der Waals surface area contributed by atoms with E-state index >= 15 is 0 Å². The standard InChI is InChI=1S/C17H21NO2/c1-17(9-4-5-10-17)16(19)12-11-18(2)13-7-6-8-14(20-3)15(12)13/h6-8,11H,4-5,9-10H2,1-3H3. The van der Waals surface area contributed by atoms with Crippen molar-refractivity contribution in [2.45, 2.75) is 32.6 Å². The molecule has 1 saturated carbocycles. The lowest BCUT2D eigenvalue weighted by Gasteiger charge is -2.21. The van der Waals surface area contributed by atoms with Crippen LogP contribution < -0.4 is 4.74 Å². The number of methoxy groups -OCH3 is 1. The molecule has 0 aliphatic heterocycles. The zero-order chi connectivity index (χ0) is 14.3. The molecular formula is C17H21NO2. The fourth-order valence-electron chi connectivity index (χ4n) is 3.46. The van der Waals surface area contributed by atoms with Gasteiger partial charge in [-0.25, -0.2) is 0 Å². The van der Waals surface area contributed by atoms with Gasteiger partial charge in [-0.2, -0.15) is 0 Å². The van der Waals surface area contributed by atoms with Crippen molar-refractivity contribution >= 4 is 16.7 Å². The zero-order valence-electron chi connectivity index (χ0n) is 12.4. The van der Waals surface area contributed by atoms with Gasteiger partial charge in [-0.15, -0.1) is 0 Å². The number of carbonyl (C=O) groups is 1. The third-order valence-corrected chi connectivity index (χ3v) is 4.70. The molecule has 0 bridgehead atoms. The molecule has 0 atom stereocenters. The number of hydrogen-bond donors (Lipinski definition) is 0. The van der Waals surface area contributed by atoms with Crippen molar-refractivity contribution in [3.8, 4) is 5.75 Å². The van der Waals surface area contributed by atoms with E-state index in [0.29, 0.717) is 0 Å². The van der Waals surface area contributed by atoms with Gasteiger partial charge in [0, 0.05) is 24.2 Å². The highest BCUT2D eigenvalue weighted by atomic mass is 16.5. The SMILES string of the molecule is COc1cccc2c1c(C(=O)C1(C)CCCC1)cn2C. The third-order valence-electron chi connectivity index (χ3n) is 4.70. The minimum absolute atomic E-state index is 0.199. The predicted octanol–water partition coefficient (Wildman–Crippen LogP) is 3.95. The van der Waals surface area contributed by atoms with Gasteiger partial charge >= 0.3 is 0 Å². The van der Waals surface area contributed by atoms with Crippen LogP contribution in [0.4, 0.5) is 0 Å². The first-order chi connectivity index (χ1) is 9.57. The number of Topliss-reactive ketones (excluding diaryl/α,β-unsaturated/α-hetero) is 1. The number of carbonyl (C=O) groups excluding carboxylic acids is 1. The summed E-state index contributed by atoms with van der Waals surface area (Å²) in [5.41, 5.74) is 1.66. The Bertz CT molecular complexity index is 663. The molecule has 3 nitrogen and oxygen atoms in total. The summed E-state index contributed by atoms with van der Waals surface area (Å²) in [6, 6.07) is 5.93. The maximum absolute atomic E-state index is 13.0. The van der Waals surface area contributed by atoms with Crippen LogP contribution in [0.25, 0.3) is 10.9 Å². The second-order valence-electron chi connectivity index (χ2n) is 6.10. The number of benzene rings is 1. The van der Waals surface area contributed by atoms with Crippen molar-refractivity contribution < 1.29 is 9.53 Å². The maximum Gasteiger partial charge on any atom is 0.171 e. The van der Waals surface area contributed by atoms with Crippen LogP contribution in [0.15, 0.2) is 24.4 Å². The van der Waals surface area contributed by atoms with Gasteiger partial charge in [0.1, 0.15) is 5.75 Å². The van der Waals surface area contributed by atoms with Crippen molar-refractivity contribution in [1.29, 1.82) is 0 Å². The molecule has 1 heterocycles. The summed E-state index contributed by atoms with van der Waals surface area (Å²) < 4.78 is 7.48. The Kier molecular flexibility index (Phi) is 3.08. The van der Waals surface area contributed by atoms with Crippen molar-refractivity contribution in [2.24, 2.45) is 12.5 Å². The summed E-state index contributed by atoms with van der Waals surface area (Å²) in [6.45, 7) is 2.11. The fraction of sp³-hybridized carbons (Fsp3) is 0.471. The first kappa shape index (κ1) is 13.2. The molecule has 2 aromatic rings. The minimum atomic E-state index is -0.199. The lowest BCUT2D eigenvalue weighted by atomic mass is 9.80. The summed E-state index contributed by atoms with van der Waals surface area (Å²) in [4.78, 5) is 13.0. The quantitative estimate of drug-likeness (QED) is 0.791. The number of hydrogen-bond acceptors (Lipinski definition) is 2. The number of ether oxygens (including phenoxy) is 1. The highest BCUT2D eigenvalue weighted by molar-refractivity contribution is 6.12. The first-order valence-corrected chi connectivity index (χ1v) is 7.24. The number of rotatable bonds is 3. The second-order valence-corrected chi connectivity index (χ2v) is 6.10. The summed E-state index contributed by atoms with van der Waals surface area (Å²) in [7, 11) is 3.64. The highest BCUT2D eigenvalue weighted by Gasteiger charge is 2.38. The summed E-state index contributed by atoms with van der Waals surface area (Å²) >= 11 is 0. The van der Waals surface area contributed by atoms with E-state index in [0.717, 1.165) is 47.9 Å². The topological polar surface area (TPSA) is 31.2 Å². The van der Waals surface area contributed by atoms with E-state index in [1.54, 1.807) is 7.11 Å². The van der Waals surface area contributed by atoms with Crippen LogP contribution in [0.5, 0.6) is 5.75 Å². The molecule has 0 saturated heterocycles. The Morgan fingerprint density at radius 3 is 2.65 bits per heavy atom. The third kappa shape index (κ3) is 1.84. The Hall–Kier alpha value is -1.77. The molecule has 1 aromatic carbocycles. The number of fused-ring (bicyclic) bond motifs is 1. The molecular weight excluding hydrogens is 250 g/mol. The number of aryl methyl sites for hydroxylation is 1. The lowest BCUT2D eigenvalue weighted by Crippen LogP contribution is -2.24. The van der Waals surface area contributed by atoms with Gasteiger partial charge in [0.05, 0.1) is 18.0 Å². The molecule has 1 aliphatic carbocycles. The number of nitrogens with zero attached hydrogens (tertiary/aromatic N) is 1. The van der Waals surface area contributed by atoms with Crippen LogP contribution in [0.3, 0.4) is 0 Å². The van der Waals surface area contributed by atoms with Crippen LogP contribution in [-0.4, -0.2) is 17.5 Å². The van der Waals surface area contributed by atoms with Gasteiger partial charge < -0.3 is 9.30 Å². The van der Waals surface area contributed by atoms with E-state index in [9.17, 15) is 4.79 Å². The Morgan fingerprint density at radius 1 is 1.30 bits per heavy atom. The minimum Gasteiger partial charge on any atom is -0.496 e. The van der Waals surface area contributed by atoms with Crippen LogP contribution in [0.1, 0.15) is 43.0 Å². The number of ketones is 1. The average Bonchev–Trinajstić information content (AvgIpc) is 3.04. The summed E-state index contributed by atoms with van der Waals surface area (Å²) in [5, 5.41) is 0.954. The van der Waals surface area contributed by atoms with Gasteiger partial charge in [-0.05, 0) is 25.0 Å². The van der Waals surface area contributed by atoms with E-state index in [1.807, 2.05) is 36.0 Å². The fourth-order valence-corrected chi connectivity index (χ4v) is 3.46. The van der Waals surface area contributed by atoms with E-state index < -0.39 is 0 Å². The molecule has 0 amide bonds.